The van der Waals surface area contributed by atoms with Crippen LogP contribution in [0.3, 0.4) is 0 Å². The van der Waals surface area contributed by atoms with Gasteiger partial charge in [0.2, 0.25) is 5.91 Å². The summed E-state index contributed by atoms with van der Waals surface area (Å²) in [5.74, 6) is -0.628. The minimum atomic E-state index is -0.621. The van der Waals surface area contributed by atoms with Crippen LogP contribution in [0.2, 0.25) is 0 Å². The van der Waals surface area contributed by atoms with Crippen LogP contribution in [-0.4, -0.2) is 48.4 Å². The fourth-order valence-electron chi connectivity index (χ4n) is 3.45. The average molecular weight is 304 g/mol. The summed E-state index contributed by atoms with van der Waals surface area (Å²) in [5.41, 5.74) is 1.20. The summed E-state index contributed by atoms with van der Waals surface area (Å²) in [5, 5.41) is 2.77. The number of hydrogen-bond acceptors (Lipinski definition) is 4. The number of benzene rings is 1. The topological polar surface area (TPSA) is 50.8 Å². The van der Waals surface area contributed by atoms with Crippen LogP contribution in [0.5, 0.6) is 0 Å². The molecule has 0 radical (unpaired) electrons. The third kappa shape index (κ3) is 3.02. The number of ether oxygens (including phenoxy) is 2. The number of nitrogens with one attached hydrogen (secondary N) is 1. The number of hydrogen-bond donors (Lipinski definition) is 1. The van der Waals surface area contributed by atoms with Gasteiger partial charge in [-0.1, -0.05) is 30.3 Å². The van der Waals surface area contributed by atoms with Gasteiger partial charge in [0.05, 0.1) is 6.10 Å². The number of carbonyl (C=O) groups excluding carboxylic acids is 1. The van der Waals surface area contributed by atoms with Gasteiger partial charge < -0.3 is 14.8 Å². The quantitative estimate of drug-likeness (QED) is 0.920. The number of fused-ring (bicyclic) bond motifs is 1. The molecule has 1 amide bonds. The largest absolute Gasteiger partial charge is 0.358 e. The van der Waals surface area contributed by atoms with Crippen molar-refractivity contribution in [3.05, 3.63) is 35.9 Å². The van der Waals surface area contributed by atoms with Gasteiger partial charge in [0, 0.05) is 20.1 Å². The van der Waals surface area contributed by atoms with E-state index in [1.165, 1.54) is 5.56 Å². The zero-order valence-electron chi connectivity index (χ0n) is 13.4. The van der Waals surface area contributed by atoms with Crippen molar-refractivity contribution in [1.82, 2.24) is 10.2 Å². The Morgan fingerprint density at radius 1 is 1.32 bits per heavy atom. The molecule has 5 heteroatoms. The number of likely N-dealkylation sites (tertiary alicyclic amines) is 1. The van der Waals surface area contributed by atoms with E-state index in [1.54, 1.807) is 7.05 Å². The molecule has 0 aromatic heterocycles. The zero-order valence-corrected chi connectivity index (χ0v) is 13.4. The van der Waals surface area contributed by atoms with E-state index < -0.39 is 5.79 Å². The molecule has 2 saturated heterocycles. The molecule has 1 aromatic carbocycles. The van der Waals surface area contributed by atoms with Gasteiger partial charge in [-0.3, -0.25) is 9.69 Å². The van der Waals surface area contributed by atoms with Gasteiger partial charge >= 0.3 is 0 Å². The molecule has 2 aliphatic heterocycles. The number of nitrogens with zero attached hydrogens (tertiary/aromatic N) is 1. The van der Waals surface area contributed by atoms with Crippen LogP contribution in [0.25, 0.3) is 0 Å². The molecule has 5 nitrogen and oxygen atoms in total. The first-order chi connectivity index (χ1) is 10.5. The van der Waals surface area contributed by atoms with E-state index in [4.69, 9.17) is 9.47 Å². The molecule has 0 bridgehead atoms. The molecule has 2 aliphatic rings. The lowest BCUT2D eigenvalue weighted by molar-refractivity contribution is -0.153. The molecule has 22 heavy (non-hydrogen) atoms. The van der Waals surface area contributed by atoms with Gasteiger partial charge in [0.15, 0.2) is 5.79 Å². The van der Waals surface area contributed by atoms with Crippen LogP contribution in [0.1, 0.15) is 25.8 Å². The average Bonchev–Trinajstić information content (AvgIpc) is 2.81. The van der Waals surface area contributed by atoms with E-state index in [0.717, 1.165) is 19.5 Å². The van der Waals surface area contributed by atoms with E-state index in [-0.39, 0.29) is 24.2 Å². The fraction of sp³-hybridized carbons (Fsp3) is 0.588. The van der Waals surface area contributed by atoms with E-state index >= 15 is 0 Å². The monoisotopic (exact) mass is 304 g/mol. The highest BCUT2D eigenvalue weighted by Gasteiger charge is 2.51. The molecule has 2 fully saturated rings. The van der Waals surface area contributed by atoms with Crippen molar-refractivity contribution in [3.8, 4) is 0 Å². The van der Waals surface area contributed by atoms with Crippen molar-refractivity contribution in [2.75, 3.05) is 13.6 Å². The van der Waals surface area contributed by atoms with E-state index in [1.807, 2.05) is 32.0 Å². The Kier molecular flexibility index (Phi) is 4.21. The van der Waals surface area contributed by atoms with Crippen LogP contribution in [0.15, 0.2) is 30.3 Å². The van der Waals surface area contributed by atoms with Crippen LogP contribution >= 0.6 is 0 Å². The molecule has 1 N–H and O–H groups in total. The zero-order chi connectivity index (χ0) is 15.7. The second kappa shape index (κ2) is 5.99. The molecule has 1 aromatic rings. The lowest BCUT2D eigenvalue weighted by Gasteiger charge is -2.39. The van der Waals surface area contributed by atoms with E-state index in [2.05, 4.69) is 22.3 Å². The van der Waals surface area contributed by atoms with Crippen molar-refractivity contribution in [3.63, 3.8) is 0 Å². The molecule has 120 valence electrons. The second-order valence-corrected chi connectivity index (χ2v) is 6.44. The number of amides is 1. The smallest absolute Gasteiger partial charge is 0.239 e. The van der Waals surface area contributed by atoms with Gasteiger partial charge in [-0.2, -0.15) is 0 Å². The summed E-state index contributed by atoms with van der Waals surface area (Å²) in [7, 11) is 1.67. The van der Waals surface area contributed by atoms with Crippen LogP contribution < -0.4 is 5.32 Å². The van der Waals surface area contributed by atoms with Crippen molar-refractivity contribution in [2.45, 2.75) is 50.8 Å². The van der Waals surface area contributed by atoms with Gasteiger partial charge in [0.1, 0.15) is 12.1 Å². The van der Waals surface area contributed by atoms with Crippen molar-refractivity contribution < 1.29 is 14.3 Å². The number of rotatable bonds is 3. The number of likely N-dealkylation sites (N-methyl/N-ethyl adjacent to an activating group) is 1. The van der Waals surface area contributed by atoms with Gasteiger partial charge in [-0.25, -0.2) is 0 Å². The van der Waals surface area contributed by atoms with Crippen LogP contribution in [0.4, 0.5) is 0 Å². The van der Waals surface area contributed by atoms with Crippen molar-refractivity contribution in [2.24, 2.45) is 0 Å². The van der Waals surface area contributed by atoms with Crippen molar-refractivity contribution >= 4 is 5.91 Å². The molecule has 2 heterocycles. The third-order valence-corrected chi connectivity index (χ3v) is 4.37. The lowest BCUT2D eigenvalue weighted by atomic mass is 9.94. The molecule has 3 atom stereocenters. The van der Waals surface area contributed by atoms with Gasteiger partial charge in [-0.15, -0.1) is 0 Å². The first kappa shape index (κ1) is 15.5. The summed E-state index contributed by atoms with van der Waals surface area (Å²) in [6.45, 7) is 5.39. The highest BCUT2D eigenvalue weighted by atomic mass is 16.8. The molecule has 0 spiro atoms. The lowest BCUT2D eigenvalue weighted by Crippen LogP contribution is -2.59. The van der Waals surface area contributed by atoms with Gasteiger partial charge in [0.25, 0.3) is 0 Å². The Balaban J connectivity index is 1.82. The summed E-state index contributed by atoms with van der Waals surface area (Å²) < 4.78 is 12.0. The minimum Gasteiger partial charge on any atom is -0.358 e. The van der Waals surface area contributed by atoms with Crippen LogP contribution in [0, 0.1) is 0 Å². The van der Waals surface area contributed by atoms with E-state index in [0.29, 0.717) is 0 Å². The summed E-state index contributed by atoms with van der Waals surface area (Å²) >= 11 is 0. The van der Waals surface area contributed by atoms with Crippen LogP contribution in [-0.2, 0) is 20.8 Å². The Morgan fingerprint density at radius 3 is 2.73 bits per heavy atom. The highest BCUT2D eigenvalue weighted by molar-refractivity contribution is 5.82. The Hall–Kier alpha value is -1.43. The molecule has 0 saturated carbocycles. The second-order valence-electron chi connectivity index (χ2n) is 6.44. The molecular weight excluding hydrogens is 280 g/mol. The predicted octanol–water partition coefficient (Wildman–Crippen LogP) is 1.53. The minimum absolute atomic E-state index is 0.00747. The van der Waals surface area contributed by atoms with E-state index in [9.17, 15) is 4.79 Å². The normalized spacial score (nSPS) is 30.8. The number of piperidine rings is 1. The first-order valence-corrected chi connectivity index (χ1v) is 7.85. The fourth-order valence-corrected chi connectivity index (χ4v) is 3.45. The Morgan fingerprint density at radius 2 is 2.05 bits per heavy atom. The highest BCUT2D eigenvalue weighted by Crippen LogP contribution is 2.36. The maximum absolute atomic E-state index is 12.4. The van der Waals surface area contributed by atoms with Crippen molar-refractivity contribution in [1.29, 1.82) is 0 Å². The Bertz CT molecular complexity index is 532. The number of carbonyl (C=O) groups is 1. The summed E-state index contributed by atoms with van der Waals surface area (Å²) in [6, 6.07) is 9.91. The summed E-state index contributed by atoms with van der Waals surface area (Å²) in [4.78, 5) is 14.6. The van der Waals surface area contributed by atoms with Gasteiger partial charge in [-0.05, 0) is 25.8 Å². The maximum atomic E-state index is 12.4. The predicted molar refractivity (Wildman–Crippen MR) is 83.1 cm³/mol. The molecule has 3 unspecified atom stereocenters. The molecular formula is C17H24N2O3. The standard InChI is InChI=1S/C17H24N2O3/c1-17(2)21-13-9-10-19(11-12-7-5-4-6-8-12)14(15(13)22-17)16(20)18-3/h4-8,13-15H,9-11H2,1-3H3,(H,18,20). The summed E-state index contributed by atoms with van der Waals surface area (Å²) in [6.07, 6.45) is 0.658. The first-order valence-electron chi connectivity index (χ1n) is 7.85. The third-order valence-electron chi connectivity index (χ3n) is 4.37. The maximum Gasteiger partial charge on any atom is 0.239 e. The molecule has 3 rings (SSSR count). The SMILES string of the molecule is CNC(=O)C1C2OC(C)(C)OC2CCN1Cc1ccccc1. The Labute approximate surface area is 131 Å². The molecule has 0 aliphatic carbocycles.